The van der Waals surface area contributed by atoms with E-state index in [0.717, 1.165) is 6.20 Å². The van der Waals surface area contributed by atoms with E-state index in [1.54, 1.807) is 10.9 Å². The highest BCUT2D eigenvalue weighted by atomic mass is 16.5. The predicted molar refractivity (Wildman–Crippen MR) is 61.7 cm³/mol. The smallest absolute Gasteiger partial charge is 0.356 e. The van der Waals surface area contributed by atoms with Crippen molar-refractivity contribution in [1.82, 2.24) is 19.7 Å². The molecule has 0 aliphatic carbocycles. The number of rotatable bonds is 4. The van der Waals surface area contributed by atoms with Crippen molar-refractivity contribution in [3.05, 3.63) is 30.5 Å². The summed E-state index contributed by atoms with van der Waals surface area (Å²) in [5.74, 6) is -0.537. The Balaban J connectivity index is 2.17. The first-order valence-corrected chi connectivity index (χ1v) is 5.33. The SMILES string of the molecule is CC(C)n1cc(Oc2cncc(C(=O)O)n2)cn1. The summed E-state index contributed by atoms with van der Waals surface area (Å²) in [4.78, 5) is 18.3. The van der Waals surface area contributed by atoms with Gasteiger partial charge in [-0.1, -0.05) is 0 Å². The summed E-state index contributed by atoms with van der Waals surface area (Å²) in [6, 6.07) is 0.221. The second kappa shape index (κ2) is 4.82. The van der Waals surface area contributed by atoms with Crippen molar-refractivity contribution in [3.8, 4) is 11.6 Å². The van der Waals surface area contributed by atoms with Gasteiger partial charge in [0.05, 0.1) is 24.8 Å². The lowest BCUT2D eigenvalue weighted by Crippen LogP contribution is -2.02. The van der Waals surface area contributed by atoms with Crippen LogP contribution in [0, 0.1) is 0 Å². The molecule has 7 heteroatoms. The number of carboxylic acid groups (broad SMARTS) is 1. The van der Waals surface area contributed by atoms with E-state index in [2.05, 4.69) is 15.1 Å². The van der Waals surface area contributed by atoms with Crippen LogP contribution in [0.4, 0.5) is 0 Å². The summed E-state index contributed by atoms with van der Waals surface area (Å²) in [5.41, 5.74) is -0.163. The van der Waals surface area contributed by atoms with Crippen molar-refractivity contribution in [1.29, 1.82) is 0 Å². The minimum Gasteiger partial charge on any atom is -0.476 e. The predicted octanol–water partition coefficient (Wildman–Crippen LogP) is 1.74. The zero-order chi connectivity index (χ0) is 13.1. The van der Waals surface area contributed by atoms with Crippen LogP contribution in [0.1, 0.15) is 30.4 Å². The molecule has 0 fully saturated rings. The molecule has 0 amide bonds. The summed E-state index contributed by atoms with van der Waals surface area (Å²) >= 11 is 0. The zero-order valence-electron chi connectivity index (χ0n) is 9.94. The third kappa shape index (κ3) is 2.62. The molecule has 2 heterocycles. The maximum atomic E-state index is 10.7. The van der Waals surface area contributed by atoms with Gasteiger partial charge in [-0.15, -0.1) is 0 Å². The molecule has 0 bridgehead atoms. The number of hydrogen-bond donors (Lipinski definition) is 1. The van der Waals surface area contributed by atoms with Gasteiger partial charge in [0.2, 0.25) is 5.88 Å². The quantitative estimate of drug-likeness (QED) is 0.886. The number of nitrogens with zero attached hydrogens (tertiary/aromatic N) is 4. The minimum atomic E-state index is -1.15. The van der Waals surface area contributed by atoms with E-state index in [9.17, 15) is 4.79 Å². The van der Waals surface area contributed by atoms with Crippen molar-refractivity contribution in [2.24, 2.45) is 0 Å². The average molecular weight is 248 g/mol. The first kappa shape index (κ1) is 12.0. The van der Waals surface area contributed by atoms with E-state index in [1.807, 2.05) is 13.8 Å². The van der Waals surface area contributed by atoms with Gasteiger partial charge in [-0.05, 0) is 13.8 Å². The largest absolute Gasteiger partial charge is 0.476 e. The van der Waals surface area contributed by atoms with Crippen LogP contribution in [0.15, 0.2) is 24.8 Å². The van der Waals surface area contributed by atoms with Crippen molar-refractivity contribution in [3.63, 3.8) is 0 Å². The van der Waals surface area contributed by atoms with E-state index in [1.165, 1.54) is 12.4 Å². The summed E-state index contributed by atoms with van der Waals surface area (Å²) in [5, 5.41) is 12.9. The van der Waals surface area contributed by atoms with Crippen LogP contribution in [0.5, 0.6) is 11.6 Å². The molecule has 0 saturated heterocycles. The Morgan fingerprint density at radius 1 is 1.39 bits per heavy atom. The molecule has 0 spiro atoms. The maximum Gasteiger partial charge on any atom is 0.356 e. The Kier molecular flexibility index (Phi) is 3.22. The van der Waals surface area contributed by atoms with Crippen molar-refractivity contribution in [2.45, 2.75) is 19.9 Å². The van der Waals surface area contributed by atoms with Gasteiger partial charge in [0.1, 0.15) is 0 Å². The van der Waals surface area contributed by atoms with Crippen LogP contribution in [0.2, 0.25) is 0 Å². The number of hydrogen-bond acceptors (Lipinski definition) is 5. The molecule has 94 valence electrons. The van der Waals surface area contributed by atoms with Gasteiger partial charge in [0.25, 0.3) is 0 Å². The molecule has 0 atom stereocenters. The van der Waals surface area contributed by atoms with Crippen LogP contribution in [-0.4, -0.2) is 30.8 Å². The fourth-order valence-electron chi connectivity index (χ4n) is 1.28. The first-order valence-electron chi connectivity index (χ1n) is 5.33. The molecular weight excluding hydrogens is 236 g/mol. The zero-order valence-corrected chi connectivity index (χ0v) is 9.94. The van der Waals surface area contributed by atoms with Gasteiger partial charge in [0, 0.05) is 6.04 Å². The molecule has 0 aromatic carbocycles. The summed E-state index contributed by atoms with van der Waals surface area (Å²) in [6.45, 7) is 3.98. The van der Waals surface area contributed by atoms with Crippen LogP contribution >= 0.6 is 0 Å². The molecule has 0 saturated carbocycles. The van der Waals surface area contributed by atoms with Crippen molar-refractivity contribution < 1.29 is 14.6 Å². The molecule has 0 radical (unpaired) electrons. The molecule has 7 nitrogen and oxygen atoms in total. The van der Waals surface area contributed by atoms with E-state index >= 15 is 0 Å². The Hall–Kier alpha value is -2.44. The Bertz CT molecular complexity index is 565. The van der Waals surface area contributed by atoms with Gasteiger partial charge in [-0.25, -0.2) is 9.78 Å². The summed E-state index contributed by atoms with van der Waals surface area (Å²) in [7, 11) is 0. The molecule has 2 aromatic rings. The van der Waals surface area contributed by atoms with Gasteiger partial charge in [0.15, 0.2) is 11.4 Å². The lowest BCUT2D eigenvalue weighted by Gasteiger charge is -2.03. The molecule has 1 N–H and O–H groups in total. The highest BCUT2D eigenvalue weighted by Crippen LogP contribution is 2.19. The van der Waals surface area contributed by atoms with Gasteiger partial charge in [-0.3, -0.25) is 9.67 Å². The number of aromatic nitrogens is 4. The monoisotopic (exact) mass is 248 g/mol. The van der Waals surface area contributed by atoms with Crippen LogP contribution < -0.4 is 4.74 Å². The van der Waals surface area contributed by atoms with Crippen molar-refractivity contribution in [2.75, 3.05) is 0 Å². The minimum absolute atomic E-state index is 0.123. The van der Waals surface area contributed by atoms with Crippen LogP contribution in [-0.2, 0) is 0 Å². The lowest BCUT2D eigenvalue weighted by atomic mass is 10.4. The highest BCUT2D eigenvalue weighted by molar-refractivity contribution is 5.84. The molecular formula is C11H12N4O3. The molecule has 0 aliphatic heterocycles. The molecule has 18 heavy (non-hydrogen) atoms. The Morgan fingerprint density at radius 2 is 2.17 bits per heavy atom. The molecule has 2 aromatic heterocycles. The topological polar surface area (TPSA) is 90.1 Å². The van der Waals surface area contributed by atoms with E-state index < -0.39 is 5.97 Å². The van der Waals surface area contributed by atoms with E-state index in [4.69, 9.17) is 9.84 Å². The lowest BCUT2D eigenvalue weighted by molar-refractivity contribution is 0.0689. The van der Waals surface area contributed by atoms with E-state index in [0.29, 0.717) is 5.75 Å². The number of carboxylic acids is 1. The van der Waals surface area contributed by atoms with Crippen LogP contribution in [0.3, 0.4) is 0 Å². The maximum absolute atomic E-state index is 10.7. The second-order valence-corrected chi connectivity index (χ2v) is 3.90. The van der Waals surface area contributed by atoms with Gasteiger partial charge in [-0.2, -0.15) is 5.10 Å². The fraction of sp³-hybridized carbons (Fsp3) is 0.273. The molecule has 0 unspecified atom stereocenters. The summed E-state index contributed by atoms with van der Waals surface area (Å²) in [6.07, 6.45) is 5.75. The number of carbonyl (C=O) groups is 1. The third-order valence-corrected chi connectivity index (χ3v) is 2.16. The average Bonchev–Trinajstić information content (AvgIpc) is 2.78. The fourth-order valence-corrected chi connectivity index (χ4v) is 1.28. The Labute approximate surface area is 103 Å². The highest BCUT2D eigenvalue weighted by Gasteiger charge is 2.09. The van der Waals surface area contributed by atoms with Gasteiger partial charge < -0.3 is 9.84 Å². The summed E-state index contributed by atoms with van der Waals surface area (Å²) < 4.78 is 7.11. The number of aromatic carboxylic acids is 1. The van der Waals surface area contributed by atoms with Gasteiger partial charge >= 0.3 is 5.97 Å². The standard InChI is InChI=1S/C11H12N4O3/c1-7(2)15-6-8(3-13-15)18-10-5-12-4-9(14-10)11(16)17/h3-7H,1-2H3,(H,16,17). The second-order valence-electron chi connectivity index (χ2n) is 3.90. The molecule has 2 rings (SSSR count). The van der Waals surface area contributed by atoms with E-state index in [-0.39, 0.29) is 17.6 Å². The van der Waals surface area contributed by atoms with Crippen molar-refractivity contribution >= 4 is 5.97 Å². The first-order chi connectivity index (χ1) is 8.56. The Morgan fingerprint density at radius 3 is 2.78 bits per heavy atom. The van der Waals surface area contributed by atoms with Crippen LogP contribution in [0.25, 0.3) is 0 Å². The third-order valence-electron chi connectivity index (χ3n) is 2.16. The number of ether oxygens (including phenoxy) is 1. The normalized spacial score (nSPS) is 10.6. The molecule has 0 aliphatic rings.